The number of hydrogen-bond acceptors (Lipinski definition) is 7. The molecule has 0 unspecified atom stereocenters. The second-order valence-corrected chi connectivity index (χ2v) is 10.5. The maximum absolute atomic E-state index is 13.6. The van der Waals surface area contributed by atoms with Crippen LogP contribution in [0.25, 0.3) is 27.4 Å². The number of H-pyrrole nitrogens is 1. The van der Waals surface area contributed by atoms with Gasteiger partial charge in [-0.25, -0.2) is 9.78 Å². The van der Waals surface area contributed by atoms with Crippen LogP contribution in [0.5, 0.6) is 0 Å². The summed E-state index contributed by atoms with van der Waals surface area (Å²) in [6, 6.07) is 7.91. The Morgan fingerprint density at radius 1 is 1.16 bits per heavy atom. The smallest absolute Gasteiger partial charge is 0.345 e. The molecule has 0 fully saturated rings. The summed E-state index contributed by atoms with van der Waals surface area (Å²) in [6.07, 6.45) is 4.13. The molecule has 6 rings (SSSR count). The monoisotopic (exact) mass is 573 g/mol. The molecule has 0 bridgehead atoms. The average molecular weight is 575 g/mol. The Balaban J connectivity index is 1.45. The SMILES string of the molecule is O=C(O)c1ccc(-c2cnc([C@@H]3CCc4c(Cl)c(-c5cc(Cl)ccc5-n5cnnn5)c(Cl)c(=O)n43)[nH]2)s1. The quantitative estimate of drug-likeness (QED) is 0.297. The van der Waals surface area contributed by atoms with Gasteiger partial charge in [0.25, 0.3) is 5.56 Å². The van der Waals surface area contributed by atoms with Crippen molar-refractivity contribution in [1.29, 1.82) is 0 Å². The summed E-state index contributed by atoms with van der Waals surface area (Å²) < 4.78 is 3.01. The van der Waals surface area contributed by atoms with Gasteiger partial charge < -0.3 is 10.1 Å². The maximum atomic E-state index is 13.6. The van der Waals surface area contributed by atoms with Gasteiger partial charge in [0.1, 0.15) is 22.1 Å². The second-order valence-electron chi connectivity index (χ2n) is 8.25. The Hall–Kier alpha value is -3.51. The molecule has 14 heteroatoms. The number of rotatable bonds is 5. The number of hydrogen-bond donors (Lipinski definition) is 2. The third-order valence-electron chi connectivity index (χ3n) is 6.17. The lowest BCUT2D eigenvalue weighted by molar-refractivity contribution is 0.0702. The van der Waals surface area contributed by atoms with E-state index in [0.29, 0.717) is 56.9 Å². The molecular formula is C23H14Cl3N7O3S. The van der Waals surface area contributed by atoms with E-state index in [9.17, 15) is 14.7 Å². The van der Waals surface area contributed by atoms with Crippen LogP contribution in [-0.4, -0.2) is 45.8 Å². The van der Waals surface area contributed by atoms with Gasteiger partial charge in [-0.15, -0.1) is 16.4 Å². The van der Waals surface area contributed by atoms with E-state index in [1.165, 1.54) is 11.0 Å². The van der Waals surface area contributed by atoms with E-state index in [-0.39, 0.29) is 9.90 Å². The number of carboxylic acids is 1. The number of carboxylic acid groups (broad SMARTS) is 1. The lowest BCUT2D eigenvalue weighted by Crippen LogP contribution is -2.26. The molecule has 0 radical (unpaired) electrons. The summed E-state index contributed by atoms with van der Waals surface area (Å²) in [7, 11) is 0. The fraction of sp³-hybridized carbons (Fsp3) is 0.130. The van der Waals surface area contributed by atoms with Crippen LogP contribution in [0.15, 0.2) is 47.7 Å². The minimum atomic E-state index is -0.990. The third-order valence-corrected chi connectivity index (χ3v) is 8.27. The molecule has 2 N–H and O–H groups in total. The van der Waals surface area contributed by atoms with Crippen molar-refractivity contribution in [2.24, 2.45) is 0 Å². The van der Waals surface area contributed by atoms with Crippen LogP contribution in [-0.2, 0) is 6.42 Å². The van der Waals surface area contributed by atoms with Crippen LogP contribution in [0.1, 0.15) is 33.7 Å². The first-order valence-corrected chi connectivity index (χ1v) is 12.8. The number of carbonyl (C=O) groups is 1. The molecule has 5 heterocycles. The summed E-state index contributed by atoms with van der Waals surface area (Å²) in [5, 5.41) is 21.2. The van der Waals surface area contributed by atoms with Gasteiger partial charge in [-0.1, -0.05) is 34.8 Å². The first-order chi connectivity index (χ1) is 17.8. The number of fused-ring (bicyclic) bond motifs is 1. The lowest BCUT2D eigenvalue weighted by atomic mass is 10.0. The van der Waals surface area contributed by atoms with E-state index < -0.39 is 17.6 Å². The van der Waals surface area contributed by atoms with E-state index in [1.54, 1.807) is 41.1 Å². The van der Waals surface area contributed by atoms with E-state index >= 15 is 0 Å². The molecule has 37 heavy (non-hydrogen) atoms. The zero-order valence-electron chi connectivity index (χ0n) is 18.5. The average Bonchev–Trinajstić information content (AvgIpc) is 3.67. The Morgan fingerprint density at radius 2 is 2.00 bits per heavy atom. The van der Waals surface area contributed by atoms with Gasteiger partial charge >= 0.3 is 5.97 Å². The Labute approximate surface area is 227 Å². The van der Waals surface area contributed by atoms with Crippen LogP contribution in [0.3, 0.4) is 0 Å². The highest BCUT2D eigenvalue weighted by Gasteiger charge is 2.33. The van der Waals surface area contributed by atoms with Crippen molar-refractivity contribution in [3.05, 3.63) is 84.7 Å². The largest absolute Gasteiger partial charge is 0.477 e. The molecule has 0 saturated heterocycles. The third kappa shape index (κ3) is 3.95. The second kappa shape index (κ2) is 9.10. The van der Waals surface area contributed by atoms with Crippen molar-refractivity contribution in [1.82, 2.24) is 34.7 Å². The maximum Gasteiger partial charge on any atom is 0.345 e. The van der Waals surface area contributed by atoms with Gasteiger partial charge in [-0.05, 0) is 53.6 Å². The molecule has 1 aliphatic rings. The van der Waals surface area contributed by atoms with Gasteiger partial charge in [-0.3, -0.25) is 9.36 Å². The number of aromatic nitrogens is 7. The summed E-state index contributed by atoms with van der Waals surface area (Å²) in [5.74, 6) is -0.437. The molecule has 0 spiro atoms. The van der Waals surface area contributed by atoms with Crippen molar-refractivity contribution in [3.63, 3.8) is 0 Å². The number of thiophene rings is 1. The standard InChI is InChI=1S/C23H14Cl3N7O3S/c24-10-1-2-13(32-9-28-30-31-32)11(7-10)18-19(25)14-3-4-15(33(14)22(34)20(18)26)21-27-8-12(29-21)16-5-6-17(37-16)23(35)36/h1-2,5-9,15H,3-4H2,(H,27,29)(H,35,36)/t15-/m0/s1. The molecule has 1 aromatic carbocycles. The van der Waals surface area contributed by atoms with Crippen molar-refractivity contribution >= 4 is 52.1 Å². The minimum Gasteiger partial charge on any atom is -0.477 e. The number of nitrogens with one attached hydrogen (secondary N) is 1. The van der Waals surface area contributed by atoms with Gasteiger partial charge in [0.05, 0.1) is 33.5 Å². The van der Waals surface area contributed by atoms with E-state index in [4.69, 9.17) is 34.8 Å². The van der Waals surface area contributed by atoms with Crippen molar-refractivity contribution in [2.45, 2.75) is 18.9 Å². The van der Waals surface area contributed by atoms with Crippen LogP contribution < -0.4 is 5.56 Å². The molecule has 4 aromatic heterocycles. The number of aromatic carboxylic acids is 1. The highest BCUT2D eigenvalue weighted by atomic mass is 35.5. The molecule has 0 saturated carbocycles. The van der Waals surface area contributed by atoms with Crippen LogP contribution in [0.4, 0.5) is 0 Å². The highest BCUT2D eigenvalue weighted by Crippen LogP contribution is 2.43. The fourth-order valence-corrected chi connectivity index (χ4v) is 6.25. The van der Waals surface area contributed by atoms with E-state index in [1.807, 2.05) is 0 Å². The van der Waals surface area contributed by atoms with Crippen molar-refractivity contribution in [3.8, 4) is 27.4 Å². The molecule has 10 nitrogen and oxygen atoms in total. The number of tetrazole rings is 1. The van der Waals surface area contributed by atoms with Crippen LogP contribution in [0, 0.1) is 0 Å². The van der Waals surface area contributed by atoms with E-state index in [0.717, 1.165) is 16.2 Å². The summed E-state index contributed by atoms with van der Waals surface area (Å²) in [5.41, 5.74) is 2.31. The van der Waals surface area contributed by atoms with Gasteiger partial charge in [-0.2, -0.15) is 4.68 Å². The van der Waals surface area contributed by atoms with Gasteiger partial charge in [0.15, 0.2) is 0 Å². The predicted octanol–water partition coefficient (Wildman–Crippen LogP) is 5.14. The zero-order chi connectivity index (χ0) is 25.8. The van der Waals surface area contributed by atoms with Crippen molar-refractivity contribution < 1.29 is 9.90 Å². The predicted molar refractivity (Wildman–Crippen MR) is 139 cm³/mol. The van der Waals surface area contributed by atoms with Crippen LogP contribution in [0.2, 0.25) is 15.1 Å². The number of pyridine rings is 1. The first-order valence-electron chi connectivity index (χ1n) is 10.9. The number of halogens is 3. The highest BCUT2D eigenvalue weighted by molar-refractivity contribution is 7.17. The topological polar surface area (TPSA) is 132 Å². The Morgan fingerprint density at radius 3 is 2.73 bits per heavy atom. The summed E-state index contributed by atoms with van der Waals surface area (Å²) in [4.78, 5) is 33.5. The number of aromatic amines is 1. The Bertz CT molecular complexity index is 1740. The lowest BCUT2D eigenvalue weighted by Gasteiger charge is -2.18. The normalized spacial score (nSPS) is 14.7. The number of nitrogens with zero attached hydrogens (tertiary/aromatic N) is 6. The van der Waals surface area contributed by atoms with Crippen LogP contribution >= 0.6 is 46.1 Å². The summed E-state index contributed by atoms with van der Waals surface area (Å²) in [6.45, 7) is 0. The summed E-state index contributed by atoms with van der Waals surface area (Å²) >= 11 is 21.0. The van der Waals surface area contributed by atoms with Crippen molar-refractivity contribution in [2.75, 3.05) is 0 Å². The fourth-order valence-electron chi connectivity index (χ4n) is 4.55. The van der Waals surface area contributed by atoms with E-state index in [2.05, 4.69) is 25.5 Å². The molecule has 0 aliphatic carbocycles. The number of imidazole rings is 1. The molecule has 1 aliphatic heterocycles. The zero-order valence-corrected chi connectivity index (χ0v) is 21.6. The van der Waals surface area contributed by atoms with Gasteiger partial charge in [0, 0.05) is 21.8 Å². The minimum absolute atomic E-state index is 0.0617. The molecular weight excluding hydrogens is 561 g/mol. The molecule has 5 aromatic rings. The first kappa shape index (κ1) is 23.9. The number of benzene rings is 1. The Kier molecular flexibility index (Phi) is 5.87. The van der Waals surface area contributed by atoms with Gasteiger partial charge in [0.2, 0.25) is 0 Å². The molecule has 1 atom stereocenters. The molecule has 0 amide bonds. The molecule has 186 valence electrons.